The van der Waals surface area contributed by atoms with E-state index in [1.165, 1.54) is 0 Å². The number of aromatic nitrogens is 4. The molecule has 0 aliphatic rings. The molecule has 7 nitrogen and oxygen atoms in total. The second-order valence-electron chi connectivity index (χ2n) is 4.11. The minimum Gasteiger partial charge on any atom is -0.383 e. The van der Waals surface area contributed by atoms with Crippen molar-refractivity contribution in [2.24, 2.45) is 0 Å². The maximum atomic E-state index is 5.22. The molecule has 0 bridgehead atoms. The molecule has 104 valence electrons. The van der Waals surface area contributed by atoms with E-state index >= 15 is 0 Å². The van der Waals surface area contributed by atoms with Crippen molar-refractivity contribution in [1.82, 2.24) is 25.5 Å². The molecule has 0 aromatic carbocycles. The topological polar surface area (TPSA) is 74.1 Å². The summed E-state index contributed by atoms with van der Waals surface area (Å²) in [5.41, 5.74) is 0. The number of methoxy groups -OCH3 is 2. The Labute approximate surface area is 108 Å². The van der Waals surface area contributed by atoms with E-state index in [2.05, 4.69) is 27.8 Å². The Morgan fingerprint density at radius 1 is 1.33 bits per heavy atom. The van der Waals surface area contributed by atoms with Gasteiger partial charge in [-0.15, -0.1) is 5.10 Å². The van der Waals surface area contributed by atoms with Gasteiger partial charge in [0.1, 0.15) is 0 Å². The lowest BCUT2D eigenvalue weighted by Gasteiger charge is -2.16. The normalized spacial score (nSPS) is 12.8. The van der Waals surface area contributed by atoms with Crippen molar-refractivity contribution >= 4 is 0 Å². The quantitative estimate of drug-likeness (QED) is 0.611. The van der Waals surface area contributed by atoms with Crippen LogP contribution in [0, 0.1) is 0 Å². The second-order valence-corrected chi connectivity index (χ2v) is 4.11. The lowest BCUT2D eigenvalue weighted by Crippen LogP contribution is -2.24. The monoisotopic (exact) mass is 257 g/mol. The van der Waals surface area contributed by atoms with E-state index in [0.29, 0.717) is 19.8 Å². The zero-order valence-corrected chi connectivity index (χ0v) is 11.4. The maximum Gasteiger partial charge on any atom is 0.165 e. The molecule has 18 heavy (non-hydrogen) atoms. The first-order chi connectivity index (χ1) is 8.83. The van der Waals surface area contributed by atoms with Crippen LogP contribution in [0.15, 0.2) is 0 Å². The lowest BCUT2D eigenvalue weighted by atomic mass is 10.2. The van der Waals surface area contributed by atoms with Crippen molar-refractivity contribution in [3.63, 3.8) is 0 Å². The minimum absolute atomic E-state index is 0.203. The van der Waals surface area contributed by atoms with Crippen LogP contribution in [0.1, 0.15) is 31.6 Å². The fraction of sp³-hybridized carbons (Fsp3) is 0.909. The highest BCUT2D eigenvalue weighted by Crippen LogP contribution is 2.14. The highest BCUT2D eigenvalue weighted by atomic mass is 16.5. The third-order valence-electron chi connectivity index (χ3n) is 2.65. The van der Waals surface area contributed by atoms with Gasteiger partial charge in [-0.05, 0) is 16.8 Å². The zero-order valence-electron chi connectivity index (χ0n) is 11.4. The van der Waals surface area contributed by atoms with Gasteiger partial charge >= 0.3 is 0 Å². The maximum absolute atomic E-state index is 5.22. The highest BCUT2D eigenvalue weighted by Gasteiger charge is 2.16. The molecule has 1 aromatic heterocycles. The van der Waals surface area contributed by atoms with E-state index in [1.54, 1.807) is 14.2 Å². The third kappa shape index (κ3) is 4.67. The van der Waals surface area contributed by atoms with E-state index in [0.717, 1.165) is 25.2 Å². The molecule has 0 fully saturated rings. The molecule has 7 heteroatoms. The molecule has 1 unspecified atom stereocenters. The first kappa shape index (κ1) is 15.0. The van der Waals surface area contributed by atoms with Gasteiger partial charge in [0.15, 0.2) is 5.82 Å². The average molecular weight is 257 g/mol. The molecular formula is C11H23N5O2. The molecular weight excluding hydrogens is 234 g/mol. The Kier molecular flexibility index (Phi) is 7.47. The van der Waals surface area contributed by atoms with Gasteiger partial charge < -0.3 is 14.8 Å². The molecule has 1 rings (SSSR count). The molecule has 0 saturated carbocycles. The molecule has 0 amide bonds. The number of hydrogen-bond acceptors (Lipinski definition) is 6. The molecule has 0 spiro atoms. The van der Waals surface area contributed by atoms with Crippen LogP contribution >= 0.6 is 0 Å². The van der Waals surface area contributed by atoms with Crippen molar-refractivity contribution in [3.8, 4) is 0 Å². The van der Waals surface area contributed by atoms with Crippen LogP contribution < -0.4 is 5.32 Å². The fourth-order valence-electron chi connectivity index (χ4n) is 1.79. The number of ether oxygens (including phenoxy) is 2. The first-order valence-corrected chi connectivity index (χ1v) is 6.28. The Morgan fingerprint density at radius 3 is 2.83 bits per heavy atom. The van der Waals surface area contributed by atoms with Crippen molar-refractivity contribution < 1.29 is 9.47 Å². The van der Waals surface area contributed by atoms with Gasteiger partial charge in [0.25, 0.3) is 0 Å². The average Bonchev–Trinajstić information content (AvgIpc) is 2.83. The molecule has 1 atom stereocenters. The standard InChI is InChI=1S/C11H23N5O2/c1-4-5-10(9-18-3)16-11(13-14-15-16)8-12-6-7-17-2/h10,12H,4-9H2,1-3H3. The molecule has 1 N–H and O–H groups in total. The molecule has 1 aromatic rings. The van der Waals surface area contributed by atoms with Crippen LogP contribution in [0.3, 0.4) is 0 Å². The predicted molar refractivity (Wildman–Crippen MR) is 67.2 cm³/mol. The van der Waals surface area contributed by atoms with Gasteiger partial charge in [0.2, 0.25) is 0 Å². The number of hydrogen-bond donors (Lipinski definition) is 1. The van der Waals surface area contributed by atoms with Crippen molar-refractivity contribution in [3.05, 3.63) is 5.82 Å². The van der Waals surface area contributed by atoms with Gasteiger partial charge in [0.05, 0.1) is 25.8 Å². The van der Waals surface area contributed by atoms with Crippen molar-refractivity contribution in [2.75, 3.05) is 34.0 Å². The molecule has 0 radical (unpaired) electrons. The smallest absolute Gasteiger partial charge is 0.165 e. The molecule has 0 aliphatic carbocycles. The van der Waals surface area contributed by atoms with Crippen LogP contribution in [0.25, 0.3) is 0 Å². The van der Waals surface area contributed by atoms with Gasteiger partial charge in [-0.25, -0.2) is 4.68 Å². The summed E-state index contributed by atoms with van der Waals surface area (Å²) in [5.74, 6) is 0.835. The summed E-state index contributed by atoms with van der Waals surface area (Å²) in [6, 6.07) is 0.203. The summed E-state index contributed by atoms with van der Waals surface area (Å²) in [6.45, 7) is 4.87. The Bertz CT molecular complexity index is 312. The number of nitrogens with one attached hydrogen (secondary N) is 1. The number of rotatable bonds is 10. The molecule has 0 saturated heterocycles. The van der Waals surface area contributed by atoms with E-state index in [-0.39, 0.29) is 6.04 Å². The fourth-order valence-corrected chi connectivity index (χ4v) is 1.79. The summed E-state index contributed by atoms with van der Waals surface area (Å²) in [6.07, 6.45) is 2.08. The predicted octanol–water partition coefficient (Wildman–Crippen LogP) is 0.397. The van der Waals surface area contributed by atoms with Crippen LogP contribution in [-0.4, -0.2) is 54.2 Å². The van der Waals surface area contributed by atoms with Crippen LogP contribution in [0.5, 0.6) is 0 Å². The highest BCUT2D eigenvalue weighted by molar-refractivity contribution is 4.84. The Balaban J connectivity index is 2.55. The van der Waals surface area contributed by atoms with E-state index in [4.69, 9.17) is 9.47 Å². The molecule has 1 heterocycles. The Hall–Kier alpha value is -1.05. The van der Waals surface area contributed by atoms with Crippen LogP contribution in [-0.2, 0) is 16.0 Å². The van der Waals surface area contributed by atoms with E-state index in [9.17, 15) is 0 Å². The van der Waals surface area contributed by atoms with E-state index < -0.39 is 0 Å². The largest absolute Gasteiger partial charge is 0.383 e. The lowest BCUT2D eigenvalue weighted by molar-refractivity contribution is 0.141. The summed E-state index contributed by atoms with van der Waals surface area (Å²) in [5, 5.41) is 15.1. The third-order valence-corrected chi connectivity index (χ3v) is 2.65. The Morgan fingerprint density at radius 2 is 2.17 bits per heavy atom. The number of tetrazole rings is 1. The summed E-state index contributed by atoms with van der Waals surface area (Å²) >= 11 is 0. The van der Waals surface area contributed by atoms with E-state index in [1.807, 2.05) is 4.68 Å². The zero-order chi connectivity index (χ0) is 13.2. The van der Waals surface area contributed by atoms with Crippen molar-refractivity contribution in [1.29, 1.82) is 0 Å². The number of nitrogens with zero attached hydrogens (tertiary/aromatic N) is 4. The SMILES string of the molecule is CCCC(COC)n1nnnc1CNCCOC. The van der Waals surface area contributed by atoms with Gasteiger partial charge in [-0.3, -0.25) is 0 Å². The summed E-state index contributed by atoms with van der Waals surface area (Å²) in [4.78, 5) is 0. The van der Waals surface area contributed by atoms with Gasteiger partial charge in [0, 0.05) is 20.8 Å². The van der Waals surface area contributed by atoms with Crippen LogP contribution in [0.4, 0.5) is 0 Å². The van der Waals surface area contributed by atoms with Crippen molar-refractivity contribution in [2.45, 2.75) is 32.4 Å². The molecule has 0 aliphatic heterocycles. The first-order valence-electron chi connectivity index (χ1n) is 6.28. The van der Waals surface area contributed by atoms with Crippen LogP contribution in [0.2, 0.25) is 0 Å². The van der Waals surface area contributed by atoms with Gasteiger partial charge in [-0.1, -0.05) is 13.3 Å². The minimum atomic E-state index is 0.203. The summed E-state index contributed by atoms with van der Waals surface area (Å²) in [7, 11) is 3.38. The summed E-state index contributed by atoms with van der Waals surface area (Å²) < 4.78 is 12.1. The van der Waals surface area contributed by atoms with Gasteiger partial charge in [-0.2, -0.15) is 0 Å². The second kappa shape index (κ2) is 8.96.